The number of hydrogen-bond donors (Lipinski definition) is 1. The zero-order valence-electron chi connectivity index (χ0n) is 14.0. The number of rotatable bonds is 6. The van der Waals surface area contributed by atoms with E-state index in [9.17, 15) is 0 Å². The molecule has 0 radical (unpaired) electrons. The SMILES string of the molecule is CCCN1CCN(CC2(CNC)CCC(C)CC2)CC1. The van der Waals surface area contributed by atoms with E-state index in [1.54, 1.807) is 0 Å². The van der Waals surface area contributed by atoms with E-state index in [-0.39, 0.29) is 0 Å². The molecule has 1 N–H and O–H groups in total. The molecular formula is C17H35N3. The van der Waals surface area contributed by atoms with Gasteiger partial charge in [0, 0.05) is 39.3 Å². The quantitative estimate of drug-likeness (QED) is 0.807. The second-order valence-electron chi connectivity index (χ2n) is 7.33. The molecule has 20 heavy (non-hydrogen) atoms. The highest BCUT2D eigenvalue weighted by Gasteiger charge is 2.35. The first-order valence-electron chi connectivity index (χ1n) is 8.77. The van der Waals surface area contributed by atoms with Crippen LogP contribution in [0.25, 0.3) is 0 Å². The molecule has 2 rings (SSSR count). The Morgan fingerprint density at radius 1 is 1.05 bits per heavy atom. The van der Waals surface area contributed by atoms with E-state index >= 15 is 0 Å². The van der Waals surface area contributed by atoms with Crippen LogP contribution in [0.5, 0.6) is 0 Å². The van der Waals surface area contributed by atoms with E-state index in [0.717, 1.165) is 5.92 Å². The summed E-state index contributed by atoms with van der Waals surface area (Å²) in [5.41, 5.74) is 0.550. The van der Waals surface area contributed by atoms with Gasteiger partial charge in [0.15, 0.2) is 0 Å². The Kier molecular flexibility index (Phi) is 6.31. The van der Waals surface area contributed by atoms with Crippen molar-refractivity contribution < 1.29 is 0 Å². The van der Waals surface area contributed by atoms with Gasteiger partial charge in [0.05, 0.1) is 0 Å². The molecule has 1 saturated carbocycles. The second kappa shape index (κ2) is 7.77. The first kappa shape index (κ1) is 16.3. The monoisotopic (exact) mass is 281 g/mol. The van der Waals surface area contributed by atoms with Crippen molar-refractivity contribution in [3.8, 4) is 0 Å². The molecule has 118 valence electrons. The molecular weight excluding hydrogens is 246 g/mol. The minimum absolute atomic E-state index is 0.550. The van der Waals surface area contributed by atoms with Gasteiger partial charge >= 0.3 is 0 Å². The number of nitrogens with zero attached hydrogens (tertiary/aromatic N) is 2. The third-order valence-electron chi connectivity index (χ3n) is 5.45. The maximum atomic E-state index is 3.47. The van der Waals surface area contributed by atoms with E-state index in [1.807, 2.05) is 0 Å². The molecule has 1 aliphatic carbocycles. The first-order valence-corrected chi connectivity index (χ1v) is 8.77. The van der Waals surface area contributed by atoms with Crippen molar-refractivity contribution in [2.24, 2.45) is 11.3 Å². The van der Waals surface area contributed by atoms with Crippen molar-refractivity contribution in [2.75, 3.05) is 52.9 Å². The molecule has 0 atom stereocenters. The van der Waals surface area contributed by atoms with E-state index < -0.39 is 0 Å². The summed E-state index contributed by atoms with van der Waals surface area (Å²) in [4.78, 5) is 5.36. The predicted octanol–water partition coefficient (Wildman–Crippen LogP) is 2.43. The summed E-state index contributed by atoms with van der Waals surface area (Å²) in [5, 5.41) is 3.47. The largest absolute Gasteiger partial charge is 0.319 e. The molecule has 2 aliphatic rings. The molecule has 0 aromatic rings. The van der Waals surface area contributed by atoms with Crippen LogP contribution >= 0.6 is 0 Å². The predicted molar refractivity (Wildman–Crippen MR) is 87.2 cm³/mol. The molecule has 3 heteroatoms. The Morgan fingerprint density at radius 2 is 1.65 bits per heavy atom. The molecule has 3 nitrogen and oxygen atoms in total. The summed E-state index contributed by atoms with van der Waals surface area (Å²) >= 11 is 0. The van der Waals surface area contributed by atoms with Crippen LogP contribution in [0.3, 0.4) is 0 Å². The number of nitrogens with one attached hydrogen (secondary N) is 1. The van der Waals surface area contributed by atoms with Gasteiger partial charge in [-0.15, -0.1) is 0 Å². The minimum atomic E-state index is 0.550. The average Bonchev–Trinajstić information content (AvgIpc) is 2.45. The summed E-state index contributed by atoms with van der Waals surface area (Å²) in [6.45, 7) is 13.6. The standard InChI is InChI=1S/C17H35N3/c1-4-9-19-10-12-20(13-11-19)15-17(14-18-3)7-5-16(2)6-8-17/h16,18H,4-15H2,1-3H3. The van der Waals surface area contributed by atoms with Gasteiger partial charge in [-0.1, -0.05) is 26.7 Å². The molecule has 0 unspecified atom stereocenters. The Morgan fingerprint density at radius 3 is 2.20 bits per heavy atom. The van der Waals surface area contributed by atoms with Gasteiger partial charge in [0.25, 0.3) is 0 Å². The van der Waals surface area contributed by atoms with Crippen molar-refractivity contribution in [3.63, 3.8) is 0 Å². The lowest BCUT2D eigenvalue weighted by atomic mass is 9.70. The summed E-state index contributed by atoms with van der Waals surface area (Å²) in [6, 6.07) is 0. The normalized spacial score (nSPS) is 33.5. The van der Waals surface area contributed by atoms with Gasteiger partial charge in [0.2, 0.25) is 0 Å². The van der Waals surface area contributed by atoms with E-state index in [0.29, 0.717) is 5.41 Å². The topological polar surface area (TPSA) is 18.5 Å². The van der Waals surface area contributed by atoms with Crippen LogP contribution < -0.4 is 5.32 Å². The lowest BCUT2D eigenvalue weighted by molar-refractivity contribution is 0.0545. The van der Waals surface area contributed by atoms with Crippen LogP contribution in [0.15, 0.2) is 0 Å². The van der Waals surface area contributed by atoms with Crippen molar-refractivity contribution in [1.29, 1.82) is 0 Å². The average molecular weight is 281 g/mol. The third kappa shape index (κ3) is 4.44. The first-order chi connectivity index (χ1) is 9.67. The van der Waals surface area contributed by atoms with Crippen LogP contribution in [-0.2, 0) is 0 Å². The molecule has 1 heterocycles. The van der Waals surface area contributed by atoms with Crippen LogP contribution in [0.1, 0.15) is 46.0 Å². The summed E-state index contributed by atoms with van der Waals surface area (Å²) in [7, 11) is 2.12. The highest BCUT2D eigenvalue weighted by molar-refractivity contribution is 4.90. The molecule has 0 aromatic heterocycles. The fraction of sp³-hybridized carbons (Fsp3) is 1.00. The van der Waals surface area contributed by atoms with Gasteiger partial charge in [0.1, 0.15) is 0 Å². The third-order valence-corrected chi connectivity index (χ3v) is 5.45. The lowest BCUT2D eigenvalue weighted by Crippen LogP contribution is -2.52. The van der Waals surface area contributed by atoms with Gasteiger partial charge in [-0.2, -0.15) is 0 Å². The molecule has 0 amide bonds. The summed E-state index contributed by atoms with van der Waals surface area (Å²) in [6.07, 6.45) is 6.99. The number of piperazine rings is 1. The van der Waals surface area contributed by atoms with Crippen molar-refractivity contribution >= 4 is 0 Å². The smallest absolute Gasteiger partial charge is 0.0110 e. The van der Waals surface area contributed by atoms with Gasteiger partial charge < -0.3 is 15.1 Å². The highest BCUT2D eigenvalue weighted by Crippen LogP contribution is 2.39. The van der Waals surface area contributed by atoms with Gasteiger partial charge in [-0.05, 0) is 44.2 Å². The Labute approximate surface area is 126 Å². The van der Waals surface area contributed by atoms with E-state index in [2.05, 4.69) is 36.0 Å². The molecule has 0 aromatic carbocycles. The Bertz CT molecular complexity index is 263. The zero-order chi connectivity index (χ0) is 14.4. The van der Waals surface area contributed by atoms with E-state index in [1.165, 1.54) is 77.9 Å². The van der Waals surface area contributed by atoms with Crippen LogP contribution in [-0.4, -0.2) is 62.7 Å². The summed E-state index contributed by atoms with van der Waals surface area (Å²) < 4.78 is 0. The molecule has 0 bridgehead atoms. The fourth-order valence-corrected chi connectivity index (χ4v) is 4.10. The van der Waals surface area contributed by atoms with Crippen molar-refractivity contribution in [1.82, 2.24) is 15.1 Å². The molecule has 1 aliphatic heterocycles. The lowest BCUT2D eigenvalue weighted by Gasteiger charge is -2.45. The Balaban J connectivity index is 1.83. The maximum absolute atomic E-state index is 3.47. The second-order valence-corrected chi connectivity index (χ2v) is 7.33. The molecule has 0 spiro atoms. The van der Waals surface area contributed by atoms with Gasteiger partial charge in [-0.3, -0.25) is 0 Å². The van der Waals surface area contributed by atoms with Crippen LogP contribution in [0, 0.1) is 11.3 Å². The van der Waals surface area contributed by atoms with Crippen LogP contribution in [0.2, 0.25) is 0 Å². The summed E-state index contributed by atoms with van der Waals surface area (Å²) in [5.74, 6) is 0.946. The fourth-order valence-electron chi connectivity index (χ4n) is 4.10. The van der Waals surface area contributed by atoms with Crippen LogP contribution in [0.4, 0.5) is 0 Å². The van der Waals surface area contributed by atoms with Crippen molar-refractivity contribution in [2.45, 2.75) is 46.0 Å². The number of hydrogen-bond acceptors (Lipinski definition) is 3. The van der Waals surface area contributed by atoms with E-state index in [4.69, 9.17) is 0 Å². The maximum Gasteiger partial charge on any atom is 0.0110 e. The zero-order valence-corrected chi connectivity index (χ0v) is 14.0. The molecule has 1 saturated heterocycles. The van der Waals surface area contributed by atoms with Gasteiger partial charge in [-0.25, -0.2) is 0 Å². The van der Waals surface area contributed by atoms with Crippen molar-refractivity contribution in [3.05, 3.63) is 0 Å². The Hall–Kier alpha value is -0.120. The minimum Gasteiger partial charge on any atom is -0.319 e. The molecule has 2 fully saturated rings. The highest BCUT2D eigenvalue weighted by atomic mass is 15.3.